The largest absolute Gasteiger partial charge is 0.249 e. The smallest absolute Gasteiger partial charge is 0.126 e. The molecule has 0 radical (unpaired) electrons. The average molecular weight is 234 g/mol. The first-order chi connectivity index (χ1) is 8.79. The molecule has 2 heterocycles. The van der Waals surface area contributed by atoms with E-state index in [1.165, 1.54) is 0 Å². The van der Waals surface area contributed by atoms with Crippen molar-refractivity contribution in [2.75, 3.05) is 0 Å². The number of rotatable bonds is 0. The number of aliphatic imine (C=N–C) groups is 2. The van der Waals surface area contributed by atoms with Crippen LogP contribution in [0.1, 0.15) is 18.3 Å². The fourth-order valence-corrected chi connectivity index (χ4v) is 2.35. The number of hydrogen-bond acceptors (Lipinski definition) is 4. The van der Waals surface area contributed by atoms with Gasteiger partial charge in [-0.3, -0.25) is 0 Å². The van der Waals surface area contributed by atoms with Crippen molar-refractivity contribution in [1.29, 1.82) is 0 Å². The molecule has 0 bridgehead atoms. The van der Waals surface area contributed by atoms with Crippen molar-refractivity contribution in [2.24, 2.45) is 9.98 Å². The fourth-order valence-electron chi connectivity index (χ4n) is 2.35. The Hall–Kier alpha value is -2.36. The maximum atomic E-state index is 4.66. The molecule has 4 nitrogen and oxygen atoms in total. The quantitative estimate of drug-likeness (QED) is 0.702. The molecule has 1 aromatic carbocycles. The van der Waals surface area contributed by atoms with E-state index in [-0.39, 0.29) is 0 Å². The van der Waals surface area contributed by atoms with Crippen molar-refractivity contribution in [1.82, 2.24) is 9.97 Å². The van der Waals surface area contributed by atoms with E-state index in [0.717, 1.165) is 46.1 Å². The monoisotopic (exact) mass is 234 g/mol. The molecule has 0 unspecified atom stereocenters. The van der Waals surface area contributed by atoms with Crippen LogP contribution in [-0.2, 0) is 6.42 Å². The van der Waals surface area contributed by atoms with E-state index in [1.807, 2.05) is 37.3 Å². The molecule has 2 aliphatic rings. The molecule has 4 rings (SSSR count). The summed E-state index contributed by atoms with van der Waals surface area (Å²) in [4.78, 5) is 18.1. The Bertz CT molecular complexity index is 768. The minimum Gasteiger partial charge on any atom is -0.249 e. The number of aromatic nitrogens is 2. The lowest BCUT2D eigenvalue weighted by molar-refractivity contribution is 1.09. The third kappa shape index (κ3) is 1.32. The molecule has 0 N–H and O–H groups in total. The van der Waals surface area contributed by atoms with Gasteiger partial charge in [0.05, 0.1) is 33.8 Å². The summed E-state index contributed by atoms with van der Waals surface area (Å²) in [6, 6.07) is 7.92. The maximum Gasteiger partial charge on any atom is 0.126 e. The van der Waals surface area contributed by atoms with Crippen LogP contribution in [0.5, 0.6) is 0 Å². The van der Waals surface area contributed by atoms with Gasteiger partial charge >= 0.3 is 0 Å². The van der Waals surface area contributed by atoms with E-state index in [2.05, 4.69) is 20.0 Å². The van der Waals surface area contributed by atoms with E-state index in [0.29, 0.717) is 0 Å². The highest BCUT2D eigenvalue weighted by atomic mass is 15.0. The van der Waals surface area contributed by atoms with Crippen LogP contribution in [0.25, 0.3) is 17.1 Å². The van der Waals surface area contributed by atoms with Gasteiger partial charge in [-0.15, -0.1) is 0 Å². The lowest BCUT2D eigenvalue weighted by atomic mass is 10.0. The number of hydrogen-bond donors (Lipinski definition) is 0. The summed E-state index contributed by atoms with van der Waals surface area (Å²) < 4.78 is 0. The van der Waals surface area contributed by atoms with Gasteiger partial charge in [0.2, 0.25) is 0 Å². The zero-order chi connectivity index (χ0) is 12.1. The molecule has 0 fully saturated rings. The third-order valence-electron chi connectivity index (χ3n) is 3.16. The molecule has 0 saturated carbocycles. The van der Waals surface area contributed by atoms with Crippen LogP contribution < -0.4 is 0 Å². The lowest BCUT2D eigenvalue weighted by Crippen LogP contribution is -2.12. The predicted octanol–water partition coefficient (Wildman–Crippen LogP) is 2.40. The highest BCUT2D eigenvalue weighted by molar-refractivity contribution is 6.16. The molecule has 4 heteroatoms. The second kappa shape index (κ2) is 3.32. The van der Waals surface area contributed by atoms with Crippen molar-refractivity contribution in [3.63, 3.8) is 0 Å². The Morgan fingerprint density at radius 3 is 2.61 bits per heavy atom. The van der Waals surface area contributed by atoms with Crippen molar-refractivity contribution in [3.05, 3.63) is 41.4 Å². The number of para-hydroxylation sites is 2. The van der Waals surface area contributed by atoms with E-state index >= 15 is 0 Å². The maximum absolute atomic E-state index is 4.66. The highest BCUT2D eigenvalue weighted by Crippen LogP contribution is 2.25. The minimum atomic E-state index is 0.722. The van der Waals surface area contributed by atoms with Crippen LogP contribution in [0.15, 0.2) is 39.9 Å². The van der Waals surface area contributed by atoms with Gasteiger partial charge < -0.3 is 0 Å². The summed E-state index contributed by atoms with van der Waals surface area (Å²) in [5, 5.41) is 0. The van der Waals surface area contributed by atoms with Crippen molar-refractivity contribution in [3.8, 4) is 0 Å². The molecule has 0 spiro atoms. The van der Waals surface area contributed by atoms with Gasteiger partial charge in [-0.05, 0) is 25.1 Å². The second-order valence-electron chi connectivity index (χ2n) is 4.47. The summed E-state index contributed by atoms with van der Waals surface area (Å²) in [5.74, 6) is 0.814. The van der Waals surface area contributed by atoms with E-state index in [4.69, 9.17) is 0 Å². The Morgan fingerprint density at radius 1 is 1.00 bits per heavy atom. The Morgan fingerprint density at radius 2 is 1.78 bits per heavy atom. The van der Waals surface area contributed by atoms with Gasteiger partial charge in [0.15, 0.2) is 0 Å². The first kappa shape index (κ1) is 9.65. The van der Waals surface area contributed by atoms with Crippen molar-refractivity contribution < 1.29 is 0 Å². The van der Waals surface area contributed by atoms with Crippen LogP contribution in [0.4, 0.5) is 0 Å². The molecule has 0 saturated heterocycles. The normalized spacial score (nSPS) is 16.8. The van der Waals surface area contributed by atoms with Gasteiger partial charge in [-0.1, -0.05) is 12.1 Å². The number of allylic oxidation sites excluding steroid dienone is 1. The van der Waals surface area contributed by atoms with E-state index < -0.39 is 0 Å². The van der Waals surface area contributed by atoms with Gasteiger partial charge in [0.1, 0.15) is 5.84 Å². The molecule has 1 aliphatic carbocycles. The molecule has 1 aromatic heterocycles. The zero-order valence-electron chi connectivity index (χ0n) is 9.88. The number of fused-ring (bicyclic) bond motifs is 3. The molecule has 1 aliphatic heterocycles. The van der Waals surface area contributed by atoms with Crippen LogP contribution >= 0.6 is 0 Å². The topological polar surface area (TPSA) is 50.5 Å². The van der Waals surface area contributed by atoms with Crippen LogP contribution in [0, 0.1) is 0 Å². The van der Waals surface area contributed by atoms with E-state index in [9.17, 15) is 0 Å². The van der Waals surface area contributed by atoms with Gasteiger partial charge in [0, 0.05) is 6.42 Å². The lowest BCUT2D eigenvalue weighted by Gasteiger charge is -2.12. The molecule has 0 amide bonds. The average Bonchev–Trinajstić information content (AvgIpc) is 2.72. The fraction of sp³-hybridized carbons (Fsp3) is 0.143. The summed E-state index contributed by atoms with van der Waals surface area (Å²) >= 11 is 0. The van der Waals surface area contributed by atoms with E-state index in [1.54, 1.807) is 0 Å². The Labute approximate surface area is 104 Å². The molecular weight excluding hydrogens is 224 g/mol. The Balaban J connectivity index is 1.97. The SMILES string of the molecule is CC1=NC2=Cc3nc4ccccc4nc3CC2=N1. The summed E-state index contributed by atoms with van der Waals surface area (Å²) in [5.41, 5.74) is 5.70. The number of nitrogens with zero attached hydrogens (tertiary/aromatic N) is 4. The molecule has 18 heavy (non-hydrogen) atoms. The molecule has 2 aromatic rings. The van der Waals surface area contributed by atoms with Crippen LogP contribution in [-0.4, -0.2) is 21.5 Å². The van der Waals surface area contributed by atoms with Gasteiger partial charge in [0.25, 0.3) is 0 Å². The number of amidine groups is 1. The van der Waals surface area contributed by atoms with Crippen molar-refractivity contribution >= 4 is 28.7 Å². The summed E-state index contributed by atoms with van der Waals surface area (Å²) in [6.45, 7) is 1.91. The molecule has 0 atom stereocenters. The molecular formula is C14H10N4. The first-order valence-electron chi connectivity index (χ1n) is 5.90. The standard InChI is InChI=1S/C14H10N4/c1-8-15-11-6-13-14(7-12(11)16-8)18-10-5-3-2-4-9(10)17-13/h2-6H,7H2,1H3. The van der Waals surface area contributed by atoms with Crippen molar-refractivity contribution in [2.45, 2.75) is 13.3 Å². The highest BCUT2D eigenvalue weighted by Gasteiger charge is 2.22. The molecule has 86 valence electrons. The third-order valence-corrected chi connectivity index (χ3v) is 3.16. The van der Waals surface area contributed by atoms with Crippen LogP contribution in [0.2, 0.25) is 0 Å². The second-order valence-corrected chi connectivity index (χ2v) is 4.47. The number of benzene rings is 1. The van der Waals surface area contributed by atoms with Crippen LogP contribution in [0.3, 0.4) is 0 Å². The predicted molar refractivity (Wildman–Crippen MR) is 71.8 cm³/mol. The zero-order valence-corrected chi connectivity index (χ0v) is 9.88. The summed E-state index contributed by atoms with van der Waals surface area (Å²) in [7, 11) is 0. The Kier molecular flexibility index (Phi) is 1.78. The summed E-state index contributed by atoms with van der Waals surface area (Å²) in [6.07, 6.45) is 2.70. The minimum absolute atomic E-state index is 0.722. The first-order valence-corrected chi connectivity index (χ1v) is 5.90. The van der Waals surface area contributed by atoms with Gasteiger partial charge in [-0.25, -0.2) is 20.0 Å². The van der Waals surface area contributed by atoms with Gasteiger partial charge in [-0.2, -0.15) is 0 Å².